The Morgan fingerprint density at radius 3 is 2.20 bits per heavy atom. The number of allylic oxidation sites excluding steroid dienone is 2. The highest BCUT2D eigenvalue weighted by Crippen LogP contribution is 2.39. The Bertz CT molecular complexity index is 1250. The number of carbonyl (C=O) groups excluding carboxylic acids is 4. The summed E-state index contributed by atoms with van der Waals surface area (Å²) in [6.07, 6.45) is 5.18. The molecule has 3 atom stereocenters. The zero-order chi connectivity index (χ0) is 24.9. The summed E-state index contributed by atoms with van der Waals surface area (Å²) < 4.78 is 5.62. The molecular formula is C28H28N2O5. The zero-order valence-corrected chi connectivity index (χ0v) is 20.1. The summed E-state index contributed by atoms with van der Waals surface area (Å²) in [5.41, 5.74) is 4.03. The smallest absolute Gasteiger partial charge is 0.316 e. The molecule has 0 bridgehead atoms. The number of imide groups is 1. The lowest BCUT2D eigenvalue weighted by molar-refractivity contribution is -0.139. The van der Waals surface area contributed by atoms with Crippen LogP contribution in [0.2, 0.25) is 0 Å². The van der Waals surface area contributed by atoms with Gasteiger partial charge in [0.15, 0.2) is 0 Å². The van der Waals surface area contributed by atoms with Crippen LogP contribution < -0.4 is 14.5 Å². The molecule has 0 unspecified atom stereocenters. The van der Waals surface area contributed by atoms with Crippen molar-refractivity contribution in [3.05, 3.63) is 65.2 Å². The van der Waals surface area contributed by atoms with Crippen molar-refractivity contribution >= 4 is 35.1 Å². The Labute approximate surface area is 204 Å². The van der Waals surface area contributed by atoms with Crippen molar-refractivity contribution < 1.29 is 23.9 Å². The van der Waals surface area contributed by atoms with E-state index >= 15 is 0 Å². The Kier molecular flexibility index (Phi) is 5.79. The van der Waals surface area contributed by atoms with Gasteiger partial charge in [0, 0.05) is 18.7 Å². The van der Waals surface area contributed by atoms with E-state index < -0.39 is 11.9 Å². The first-order valence-corrected chi connectivity index (χ1v) is 12.0. The molecule has 0 N–H and O–H groups in total. The number of ether oxygens (including phenoxy) is 1. The first-order valence-electron chi connectivity index (χ1n) is 12.0. The third kappa shape index (κ3) is 4.05. The van der Waals surface area contributed by atoms with Gasteiger partial charge in [-0.3, -0.25) is 19.2 Å². The number of aryl methyl sites for hydroxylation is 3. The molecule has 2 aromatic rings. The number of esters is 1. The minimum absolute atomic E-state index is 0.0941. The van der Waals surface area contributed by atoms with Gasteiger partial charge in [-0.2, -0.15) is 0 Å². The summed E-state index contributed by atoms with van der Waals surface area (Å²) in [6.45, 7) is 5.97. The number of nitrogens with zero attached hydrogens (tertiary/aromatic N) is 2. The van der Waals surface area contributed by atoms with Crippen molar-refractivity contribution in [1.29, 1.82) is 0 Å². The van der Waals surface area contributed by atoms with E-state index in [9.17, 15) is 19.2 Å². The van der Waals surface area contributed by atoms with Crippen LogP contribution in [0.4, 0.5) is 11.4 Å². The second-order valence-corrected chi connectivity index (χ2v) is 9.73. The van der Waals surface area contributed by atoms with Crippen LogP contribution in [0.3, 0.4) is 0 Å². The SMILES string of the molecule is Cc1ccc(C)c(N2C[C@H](C(=O)Oc3ccc(N4C(=O)[C@H]5CC=CC[C@H]5C4=O)c(C)c3)CC2=O)c1. The minimum Gasteiger partial charge on any atom is -0.426 e. The first-order chi connectivity index (χ1) is 16.7. The van der Waals surface area contributed by atoms with E-state index in [0.29, 0.717) is 29.8 Å². The van der Waals surface area contributed by atoms with Gasteiger partial charge < -0.3 is 9.64 Å². The Morgan fingerprint density at radius 1 is 0.857 bits per heavy atom. The molecule has 0 saturated carbocycles. The van der Waals surface area contributed by atoms with E-state index in [1.54, 1.807) is 30.0 Å². The number of anilines is 2. The molecule has 7 nitrogen and oxygen atoms in total. The quantitative estimate of drug-likeness (QED) is 0.290. The van der Waals surface area contributed by atoms with Crippen LogP contribution in [-0.2, 0) is 19.2 Å². The third-order valence-electron chi connectivity index (χ3n) is 7.25. The van der Waals surface area contributed by atoms with Crippen LogP contribution in [0.5, 0.6) is 5.75 Å². The average Bonchev–Trinajstić information content (AvgIpc) is 3.34. The van der Waals surface area contributed by atoms with Crippen molar-refractivity contribution in [3.8, 4) is 5.75 Å². The zero-order valence-electron chi connectivity index (χ0n) is 20.1. The first kappa shape index (κ1) is 23.0. The molecular weight excluding hydrogens is 444 g/mol. The lowest BCUT2D eigenvalue weighted by Crippen LogP contribution is -2.31. The van der Waals surface area contributed by atoms with Crippen molar-refractivity contribution in [3.63, 3.8) is 0 Å². The Balaban J connectivity index is 1.29. The van der Waals surface area contributed by atoms with Gasteiger partial charge in [-0.05, 0) is 74.6 Å². The number of hydrogen-bond donors (Lipinski definition) is 0. The number of amides is 3. The van der Waals surface area contributed by atoms with Gasteiger partial charge in [0.25, 0.3) is 0 Å². The number of hydrogen-bond acceptors (Lipinski definition) is 5. The number of rotatable bonds is 4. The fourth-order valence-corrected chi connectivity index (χ4v) is 5.29. The van der Waals surface area contributed by atoms with E-state index in [4.69, 9.17) is 4.74 Å². The molecule has 7 heteroatoms. The van der Waals surface area contributed by atoms with E-state index in [2.05, 4.69) is 0 Å². The highest BCUT2D eigenvalue weighted by Gasteiger charge is 2.48. The Hall–Kier alpha value is -3.74. The second-order valence-electron chi connectivity index (χ2n) is 9.73. The predicted octanol–water partition coefficient (Wildman–Crippen LogP) is 4.03. The topological polar surface area (TPSA) is 84.0 Å². The van der Waals surface area contributed by atoms with Gasteiger partial charge in [-0.25, -0.2) is 4.90 Å². The van der Waals surface area contributed by atoms with Gasteiger partial charge in [0.05, 0.1) is 23.4 Å². The van der Waals surface area contributed by atoms with E-state index in [0.717, 1.165) is 16.8 Å². The lowest BCUT2D eigenvalue weighted by atomic mass is 9.85. The van der Waals surface area contributed by atoms with Gasteiger partial charge in [0.2, 0.25) is 17.7 Å². The number of fused-ring (bicyclic) bond motifs is 1. The normalized spacial score (nSPS) is 23.7. The summed E-state index contributed by atoms with van der Waals surface area (Å²) in [5.74, 6) is -1.76. The fourth-order valence-electron chi connectivity index (χ4n) is 5.29. The van der Waals surface area contributed by atoms with E-state index in [-0.39, 0.29) is 42.5 Å². The van der Waals surface area contributed by atoms with E-state index in [1.165, 1.54) is 4.90 Å². The third-order valence-corrected chi connectivity index (χ3v) is 7.25. The van der Waals surface area contributed by atoms with Crippen LogP contribution in [0.15, 0.2) is 48.6 Å². The maximum absolute atomic E-state index is 12.9. The monoisotopic (exact) mass is 472 g/mol. The molecule has 3 amide bonds. The molecule has 35 heavy (non-hydrogen) atoms. The molecule has 2 aliphatic heterocycles. The minimum atomic E-state index is -0.570. The molecule has 2 heterocycles. The molecule has 180 valence electrons. The van der Waals surface area contributed by atoms with Gasteiger partial charge in [-0.15, -0.1) is 0 Å². The summed E-state index contributed by atoms with van der Waals surface area (Å²) in [6, 6.07) is 10.8. The van der Waals surface area contributed by atoms with Crippen LogP contribution in [0.1, 0.15) is 36.0 Å². The second kappa shape index (κ2) is 8.80. The van der Waals surface area contributed by atoms with Crippen LogP contribution in [-0.4, -0.2) is 30.2 Å². The predicted molar refractivity (Wildman–Crippen MR) is 131 cm³/mol. The van der Waals surface area contributed by atoms with Crippen molar-refractivity contribution in [2.24, 2.45) is 17.8 Å². The molecule has 3 aliphatic rings. The summed E-state index contributed by atoms with van der Waals surface area (Å²) in [5, 5.41) is 0. The van der Waals surface area contributed by atoms with Gasteiger partial charge >= 0.3 is 5.97 Å². The summed E-state index contributed by atoms with van der Waals surface area (Å²) in [7, 11) is 0. The molecule has 5 rings (SSSR count). The van der Waals surface area contributed by atoms with Crippen LogP contribution in [0.25, 0.3) is 0 Å². The largest absolute Gasteiger partial charge is 0.426 e. The fraction of sp³-hybridized carbons (Fsp3) is 0.357. The standard InChI is InChI=1S/C28H28N2O5/c1-16-8-9-17(2)24(12-16)29-15-19(14-25(29)31)28(34)35-20-10-11-23(18(3)13-20)30-26(32)21-6-4-5-7-22(21)27(30)33/h4-5,8-13,19,21-22H,6-7,14-15H2,1-3H3/t19-,21-,22+/m1/s1. The van der Waals surface area contributed by atoms with Gasteiger partial charge in [0.1, 0.15) is 5.75 Å². The van der Waals surface area contributed by atoms with Crippen LogP contribution in [0, 0.1) is 38.5 Å². The van der Waals surface area contributed by atoms with Crippen molar-refractivity contribution in [1.82, 2.24) is 0 Å². The Morgan fingerprint density at radius 2 is 1.54 bits per heavy atom. The number of carbonyl (C=O) groups is 4. The van der Waals surface area contributed by atoms with E-state index in [1.807, 2.05) is 44.2 Å². The maximum Gasteiger partial charge on any atom is 0.316 e. The lowest BCUT2D eigenvalue weighted by Gasteiger charge is -2.20. The molecule has 0 aromatic heterocycles. The molecule has 0 radical (unpaired) electrons. The summed E-state index contributed by atoms with van der Waals surface area (Å²) >= 11 is 0. The summed E-state index contributed by atoms with van der Waals surface area (Å²) in [4.78, 5) is 54.3. The van der Waals surface area contributed by atoms with Crippen molar-refractivity contribution in [2.45, 2.75) is 40.0 Å². The molecule has 2 fully saturated rings. The molecule has 2 aromatic carbocycles. The molecule has 1 aliphatic carbocycles. The highest BCUT2D eigenvalue weighted by atomic mass is 16.5. The van der Waals surface area contributed by atoms with Gasteiger partial charge in [-0.1, -0.05) is 24.3 Å². The average molecular weight is 473 g/mol. The van der Waals surface area contributed by atoms with Crippen LogP contribution >= 0.6 is 0 Å². The maximum atomic E-state index is 12.9. The van der Waals surface area contributed by atoms with Crippen molar-refractivity contribution in [2.75, 3.05) is 16.3 Å². The highest BCUT2D eigenvalue weighted by molar-refractivity contribution is 6.22. The molecule has 0 spiro atoms. The number of benzene rings is 2. The molecule has 2 saturated heterocycles.